The van der Waals surface area contributed by atoms with Crippen LogP contribution in [0, 0.1) is 6.92 Å². The summed E-state index contributed by atoms with van der Waals surface area (Å²) >= 11 is 0. The maximum Gasteiger partial charge on any atom is 0.274 e. The third-order valence-corrected chi connectivity index (χ3v) is 4.16. The monoisotopic (exact) mass is 377 g/mol. The molecular formula is C21H23N5O2. The van der Waals surface area contributed by atoms with E-state index in [1.54, 1.807) is 13.2 Å². The molecule has 0 unspecified atom stereocenters. The van der Waals surface area contributed by atoms with E-state index in [0.29, 0.717) is 17.3 Å². The fourth-order valence-electron chi connectivity index (χ4n) is 2.65. The number of aromatic nitrogens is 2. The topological polar surface area (TPSA) is 79.4 Å². The molecule has 2 N–H and O–H groups in total. The zero-order valence-corrected chi connectivity index (χ0v) is 16.4. The Balaban J connectivity index is 1.75. The number of hydrogen-bond donors (Lipinski definition) is 2. The SMILES string of the molecule is COc1ccc(C)cc1NC(=O)c1cc(Nc2ccc(N(C)C)cc2)ncn1. The van der Waals surface area contributed by atoms with Crippen LogP contribution in [0.3, 0.4) is 0 Å². The van der Waals surface area contributed by atoms with Crippen molar-refractivity contribution < 1.29 is 9.53 Å². The molecule has 144 valence electrons. The predicted molar refractivity (Wildman–Crippen MR) is 112 cm³/mol. The van der Waals surface area contributed by atoms with Crippen LogP contribution in [0.25, 0.3) is 0 Å². The Morgan fingerprint density at radius 2 is 1.79 bits per heavy atom. The van der Waals surface area contributed by atoms with Crippen LogP contribution in [0.4, 0.5) is 22.9 Å². The Labute approximate surface area is 164 Å². The first-order valence-corrected chi connectivity index (χ1v) is 8.78. The van der Waals surface area contributed by atoms with Crippen LogP contribution >= 0.6 is 0 Å². The van der Waals surface area contributed by atoms with Gasteiger partial charge in [-0.2, -0.15) is 0 Å². The second kappa shape index (κ2) is 8.39. The Morgan fingerprint density at radius 1 is 1.04 bits per heavy atom. The van der Waals surface area contributed by atoms with Crippen molar-refractivity contribution in [2.24, 2.45) is 0 Å². The van der Waals surface area contributed by atoms with E-state index in [4.69, 9.17) is 4.74 Å². The van der Waals surface area contributed by atoms with Crippen LogP contribution in [0.15, 0.2) is 54.9 Å². The van der Waals surface area contributed by atoms with Crippen LogP contribution in [0.5, 0.6) is 5.75 Å². The van der Waals surface area contributed by atoms with Gasteiger partial charge in [-0.3, -0.25) is 4.79 Å². The van der Waals surface area contributed by atoms with Crippen molar-refractivity contribution in [3.8, 4) is 5.75 Å². The summed E-state index contributed by atoms with van der Waals surface area (Å²) < 4.78 is 5.30. The van der Waals surface area contributed by atoms with Gasteiger partial charge < -0.3 is 20.3 Å². The minimum absolute atomic E-state index is 0.256. The molecule has 0 aliphatic rings. The van der Waals surface area contributed by atoms with E-state index in [-0.39, 0.29) is 11.6 Å². The van der Waals surface area contributed by atoms with Crippen LogP contribution in [-0.2, 0) is 0 Å². The van der Waals surface area contributed by atoms with Crippen molar-refractivity contribution in [3.05, 3.63) is 66.1 Å². The highest BCUT2D eigenvalue weighted by atomic mass is 16.5. The lowest BCUT2D eigenvalue weighted by atomic mass is 10.2. The fraction of sp³-hybridized carbons (Fsp3) is 0.190. The summed E-state index contributed by atoms with van der Waals surface area (Å²) in [4.78, 5) is 22.9. The Morgan fingerprint density at radius 3 is 2.46 bits per heavy atom. The number of nitrogens with one attached hydrogen (secondary N) is 2. The summed E-state index contributed by atoms with van der Waals surface area (Å²) in [6, 6.07) is 15.1. The van der Waals surface area contributed by atoms with Gasteiger partial charge in [0.2, 0.25) is 0 Å². The van der Waals surface area contributed by atoms with Gasteiger partial charge in [-0.15, -0.1) is 0 Å². The van der Waals surface area contributed by atoms with Crippen molar-refractivity contribution in [2.45, 2.75) is 6.92 Å². The van der Waals surface area contributed by atoms with Gasteiger partial charge in [-0.25, -0.2) is 9.97 Å². The van der Waals surface area contributed by atoms with Crippen molar-refractivity contribution in [3.63, 3.8) is 0 Å². The number of anilines is 4. The average molecular weight is 377 g/mol. The minimum Gasteiger partial charge on any atom is -0.495 e. The number of rotatable bonds is 6. The summed E-state index contributed by atoms with van der Waals surface area (Å²) in [7, 11) is 5.54. The standard InChI is InChI=1S/C21H23N5O2/c1-14-5-10-19(28-4)17(11-14)25-21(27)18-12-20(23-13-22-18)24-15-6-8-16(9-7-15)26(2)3/h5-13H,1-4H3,(H,25,27)(H,22,23,24). The number of amides is 1. The molecule has 1 amide bonds. The molecule has 1 aromatic heterocycles. The van der Waals surface area contributed by atoms with Crippen LogP contribution in [0.1, 0.15) is 16.1 Å². The van der Waals surface area contributed by atoms with Gasteiger partial charge in [0, 0.05) is 31.5 Å². The highest BCUT2D eigenvalue weighted by molar-refractivity contribution is 6.04. The normalized spacial score (nSPS) is 10.3. The molecule has 3 rings (SSSR count). The van der Waals surface area contributed by atoms with Gasteiger partial charge >= 0.3 is 0 Å². The van der Waals surface area contributed by atoms with E-state index in [1.165, 1.54) is 6.33 Å². The largest absolute Gasteiger partial charge is 0.495 e. The lowest BCUT2D eigenvalue weighted by Gasteiger charge is -2.13. The molecule has 0 atom stereocenters. The first-order chi connectivity index (χ1) is 13.5. The third kappa shape index (κ3) is 4.56. The van der Waals surface area contributed by atoms with E-state index >= 15 is 0 Å². The maximum absolute atomic E-state index is 12.6. The van der Waals surface area contributed by atoms with Crippen molar-refractivity contribution in [1.82, 2.24) is 9.97 Å². The second-order valence-electron chi connectivity index (χ2n) is 6.51. The smallest absolute Gasteiger partial charge is 0.274 e. The van der Waals surface area contributed by atoms with E-state index in [1.807, 2.05) is 68.4 Å². The van der Waals surface area contributed by atoms with Gasteiger partial charge in [-0.05, 0) is 48.9 Å². The molecule has 0 aliphatic carbocycles. The molecule has 0 radical (unpaired) electrons. The van der Waals surface area contributed by atoms with Gasteiger partial charge in [0.25, 0.3) is 5.91 Å². The van der Waals surface area contributed by atoms with Gasteiger partial charge in [0.15, 0.2) is 0 Å². The molecule has 0 bridgehead atoms. The first-order valence-electron chi connectivity index (χ1n) is 8.78. The molecular weight excluding hydrogens is 354 g/mol. The zero-order valence-electron chi connectivity index (χ0n) is 16.4. The molecule has 0 spiro atoms. The number of carbonyl (C=O) groups is 1. The molecule has 0 aliphatic heterocycles. The summed E-state index contributed by atoms with van der Waals surface area (Å²) in [6.45, 7) is 1.95. The van der Waals surface area contributed by atoms with Crippen molar-refractivity contribution in [1.29, 1.82) is 0 Å². The number of aryl methyl sites for hydroxylation is 1. The average Bonchev–Trinajstić information content (AvgIpc) is 2.69. The Kier molecular flexibility index (Phi) is 5.74. The van der Waals surface area contributed by atoms with E-state index in [0.717, 1.165) is 16.9 Å². The predicted octanol–water partition coefficient (Wildman–Crippen LogP) is 3.86. The third-order valence-electron chi connectivity index (χ3n) is 4.16. The van der Waals surface area contributed by atoms with Crippen molar-refractivity contribution in [2.75, 3.05) is 36.7 Å². The Hall–Kier alpha value is -3.61. The molecule has 0 saturated carbocycles. The maximum atomic E-state index is 12.6. The molecule has 1 heterocycles. The summed E-state index contributed by atoms with van der Waals surface area (Å²) in [5, 5.41) is 6.03. The Bertz CT molecular complexity index is 971. The number of methoxy groups -OCH3 is 1. The first kappa shape index (κ1) is 19.2. The van der Waals surface area contributed by atoms with Crippen LogP contribution in [0.2, 0.25) is 0 Å². The number of ether oxygens (including phenoxy) is 1. The minimum atomic E-state index is -0.336. The van der Waals surface area contributed by atoms with E-state index in [9.17, 15) is 4.79 Å². The zero-order chi connectivity index (χ0) is 20.1. The number of nitrogens with zero attached hydrogens (tertiary/aromatic N) is 3. The summed E-state index contributed by atoms with van der Waals surface area (Å²) in [6.07, 6.45) is 1.36. The van der Waals surface area contributed by atoms with Gasteiger partial charge in [0.05, 0.1) is 12.8 Å². The van der Waals surface area contributed by atoms with Gasteiger partial charge in [0.1, 0.15) is 23.6 Å². The van der Waals surface area contributed by atoms with Crippen LogP contribution < -0.4 is 20.3 Å². The number of carbonyl (C=O) groups excluding carboxylic acids is 1. The highest BCUT2D eigenvalue weighted by Crippen LogP contribution is 2.26. The lowest BCUT2D eigenvalue weighted by Crippen LogP contribution is -2.15. The van der Waals surface area contributed by atoms with E-state index < -0.39 is 0 Å². The molecule has 28 heavy (non-hydrogen) atoms. The lowest BCUT2D eigenvalue weighted by molar-refractivity contribution is 0.102. The molecule has 3 aromatic rings. The quantitative estimate of drug-likeness (QED) is 0.679. The summed E-state index contributed by atoms with van der Waals surface area (Å²) in [5.74, 6) is 0.790. The van der Waals surface area contributed by atoms with Crippen molar-refractivity contribution >= 4 is 28.8 Å². The number of hydrogen-bond acceptors (Lipinski definition) is 6. The number of benzene rings is 2. The summed E-state index contributed by atoms with van der Waals surface area (Å²) in [5.41, 5.74) is 3.84. The molecule has 7 nitrogen and oxygen atoms in total. The second-order valence-corrected chi connectivity index (χ2v) is 6.51. The van der Waals surface area contributed by atoms with E-state index in [2.05, 4.69) is 20.6 Å². The van der Waals surface area contributed by atoms with Gasteiger partial charge in [-0.1, -0.05) is 6.07 Å². The van der Waals surface area contributed by atoms with Crippen LogP contribution in [-0.4, -0.2) is 37.1 Å². The molecule has 0 fully saturated rings. The molecule has 7 heteroatoms. The molecule has 2 aromatic carbocycles. The highest BCUT2D eigenvalue weighted by Gasteiger charge is 2.12. The molecule has 0 saturated heterocycles. The fourth-order valence-corrected chi connectivity index (χ4v) is 2.65.